The smallest absolute Gasteiger partial charge is 0.243 e. The van der Waals surface area contributed by atoms with Gasteiger partial charge in [0.15, 0.2) is 0 Å². The van der Waals surface area contributed by atoms with Crippen molar-refractivity contribution in [3.8, 4) is 0 Å². The molecule has 2 heterocycles. The normalized spacial score (nSPS) is 15.5. The fraction of sp³-hybridized carbons (Fsp3) is 0.562. The Morgan fingerprint density at radius 1 is 1.32 bits per heavy atom. The van der Waals surface area contributed by atoms with Crippen LogP contribution in [0.1, 0.15) is 37.7 Å². The number of nitrogens with one attached hydrogen (secondary N) is 2. The molecule has 6 heteroatoms. The zero-order chi connectivity index (χ0) is 14.8. The Kier molecular flexibility index (Phi) is 9.42. The summed E-state index contributed by atoms with van der Waals surface area (Å²) in [6, 6.07) is 1.82. The van der Waals surface area contributed by atoms with Crippen molar-refractivity contribution < 1.29 is 4.79 Å². The Hall–Kier alpha value is -1.46. The second-order valence-electron chi connectivity index (χ2n) is 5.49. The van der Waals surface area contributed by atoms with Crippen molar-refractivity contribution in [1.29, 1.82) is 0 Å². The average molecular weight is 325 g/mol. The van der Waals surface area contributed by atoms with Crippen LogP contribution in [0.15, 0.2) is 24.5 Å². The van der Waals surface area contributed by atoms with Crippen LogP contribution in [-0.4, -0.2) is 35.7 Å². The Balaban J connectivity index is 0.00000242. The van der Waals surface area contributed by atoms with E-state index in [1.54, 1.807) is 24.5 Å². The number of carbonyl (C=O) groups is 1. The number of halogens is 1. The molecule has 0 radical (unpaired) electrons. The third kappa shape index (κ3) is 7.52. The van der Waals surface area contributed by atoms with E-state index in [1.165, 1.54) is 25.7 Å². The SMILES string of the molecule is Cl.O=C(/C=C/c1ccnnc1)NCCCCC1CCNCC1. The maximum atomic E-state index is 11.6. The van der Waals surface area contributed by atoms with Gasteiger partial charge in [-0.3, -0.25) is 4.79 Å². The molecule has 1 aromatic rings. The Morgan fingerprint density at radius 2 is 2.14 bits per heavy atom. The number of carbonyl (C=O) groups excluding carboxylic acids is 1. The molecule has 0 spiro atoms. The monoisotopic (exact) mass is 324 g/mol. The average Bonchev–Trinajstić information content (AvgIpc) is 2.54. The minimum atomic E-state index is -0.0475. The van der Waals surface area contributed by atoms with Crippen LogP contribution in [-0.2, 0) is 4.79 Å². The lowest BCUT2D eigenvalue weighted by Crippen LogP contribution is -2.28. The maximum Gasteiger partial charge on any atom is 0.243 e. The van der Waals surface area contributed by atoms with Crippen molar-refractivity contribution in [2.75, 3.05) is 19.6 Å². The molecule has 1 aliphatic heterocycles. The van der Waals surface area contributed by atoms with E-state index in [0.29, 0.717) is 0 Å². The summed E-state index contributed by atoms with van der Waals surface area (Å²) in [5.74, 6) is 0.828. The minimum Gasteiger partial charge on any atom is -0.353 e. The molecule has 1 saturated heterocycles. The molecule has 0 unspecified atom stereocenters. The molecule has 1 amide bonds. The first-order valence-electron chi connectivity index (χ1n) is 7.78. The van der Waals surface area contributed by atoms with Gasteiger partial charge in [0.2, 0.25) is 5.91 Å². The van der Waals surface area contributed by atoms with E-state index in [0.717, 1.165) is 37.5 Å². The zero-order valence-electron chi connectivity index (χ0n) is 12.8. The molecule has 1 fully saturated rings. The largest absolute Gasteiger partial charge is 0.353 e. The van der Waals surface area contributed by atoms with Gasteiger partial charge in [0.05, 0.1) is 12.4 Å². The minimum absolute atomic E-state index is 0. The van der Waals surface area contributed by atoms with Gasteiger partial charge in [-0.1, -0.05) is 12.8 Å². The highest BCUT2D eigenvalue weighted by Crippen LogP contribution is 2.18. The number of nitrogens with zero attached hydrogens (tertiary/aromatic N) is 2. The van der Waals surface area contributed by atoms with Crippen LogP contribution in [0, 0.1) is 5.92 Å². The summed E-state index contributed by atoms with van der Waals surface area (Å²) in [5.41, 5.74) is 0.881. The summed E-state index contributed by atoms with van der Waals surface area (Å²) in [6.45, 7) is 3.08. The second kappa shape index (κ2) is 11.2. The Bertz CT molecular complexity index is 447. The topological polar surface area (TPSA) is 66.9 Å². The highest BCUT2D eigenvalue weighted by molar-refractivity contribution is 5.91. The first-order valence-corrected chi connectivity index (χ1v) is 7.78. The number of hydrogen-bond donors (Lipinski definition) is 2. The second-order valence-corrected chi connectivity index (χ2v) is 5.49. The van der Waals surface area contributed by atoms with Crippen molar-refractivity contribution in [3.63, 3.8) is 0 Å². The van der Waals surface area contributed by atoms with Crippen molar-refractivity contribution in [2.24, 2.45) is 5.92 Å². The number of piperidine rings is 1. The van der Waals surface area contributed by atoms with Gasteiger partial charge in [-0.15, -0.1) is 12.4 Å². The molecule has 0 aromatic carbocycles. The number of rotatable bonds is 7. The van der Waals surface area contributed by atoms with E-state index in [1.807, 2.05) is 6.07 Å². The van der Waals surface area contributed by atoms with Gasteiger partial charge in [0.1, 0.15) is 0 Å². The molecular formula is C16H25ClN4O. The standard InChI is InChI=1S/C16H24N4O.ClH/c21-16(5-4-15-8-12-19-20-13-15)18-9-2-1-3-14-6-10-17-11-7-14;/h4-5,8,12-14,17H,1-3,6-7,9-11H2,(H,18,21);1H/b5-4+;. The van der Waals surface area contributed by atoms with Crippen LogP contribution in [0.5, 0.6) is 0 Å². The summed E-state index contributed by atoms with van der Waals surface area (Å²) in [7, 11) is 0. The first-order chi connectivity index (χ1) is 10.3. The first kappa shape index (κ1) is 18.6. The molecule has 2 rings (SSSR count). The van der Waals surface area contributed by atoms with E-state index in [9.17, 15) is 4.79 Å². The van der Waals surface area contributed by atoms with Crippen molar-refractivity contribution in [3.05, 3.63) is 30.1 Å². The van der Waals surface area contributed by atoms with E-state index in [4.69, 9.17) is 0 Å². The summed E-state index contributed by atoms with van der Waals surface area (Å²) in [6.07, 6.45) is 12.7. The maximum absolute atomic E-state index is 11.6. The van der Waals surface area contributed by atoms with E-state index >= 15 is 0 Å². The number of amides is 1. The van der Waals surface area contributed by atoms with E-state index < -0.39 is 0 Å². The Morgan fingerprint density at radius 3 is 2.86 bits per heavy atom. The third-order valence-corrected chi connectivity index (χ3v) is 3.83. The molecule has 1 aromatic heterocycles. The zero-order valence-corrected chi connectivity index (χ0v) is 13.6. The lowest BCUT2D eigenvalue weighted by atomic mass is 9.92. The predicted molar refractivity (Wildman–Crippen MR) is 90.8 cm³/mol. The molecule has 0 aliphatic carbocycles. The van der Waals surface area contributed by atoms with Crippen LogP contribution < -0.4 is 10.6 Å². The molecule has 2 N–H and O–H groups in total. The van der Waals surface area contributed by atoms with E-state index in [2.05, 4.69) is 20.8 Å². The van der Waals surface area contributed by atoms with Gasteiger partial charge in [-0.05, 0) is 56.0 Å². The molecule has 0 bridgehead atoms. The van der Waals surface area contributed by atoms with E-state index in [-0.39, 0.29) is 18.3 Å². The third-order valence-electron chi connectivity index (χ3n) is 3.83. The van der Waals surface area contributed by atoms with Crippen molar-refractivity contribution in [2.45, 2.75) is 32.1 Å². The summed E-state index contributed by atoms with van der Waals surface area (Å²) < 4.78 is 0. The predicted octanol–water partition coefficient (Wildman–Crippen LogP) is 2.20. The van der Waals surface area contributed by atoms with Crippen LogP contribution in [0.3, 0.4) is 0 Å². The van der Waals surface area contributed by atoms with Crippen LogP contribution >= 0.6 is 12.4 Å². The molecule has 122 valence electrons. The van der Waals surface area contributed by atoms with Crippen LogP contribution in [0.2, 0.25) is 0 Å². The van der Waals surface area contributed by atoms with Gasteiger partial charge >= 0.3 is 0 Å². The molecule has 5 nitrogen and oxygen atoms in total. The van der Waals surface area contributed by atoms with Crippen LogP contribution in [0.4, 0.5) is 0 Å². The summed E-state index contributed by atoms with van der Waals surface area (Å²) >= 11 is 0. The van der Waals surface area contributed by atoms with Crippen LogP contribution in [0.25, 0.3) is 6.08 Å². The molecule has 0 saturated carbocycles. The fourth-order valence-electron chi connectivity index (χ4n) is 2.57. The Labute approximate surface area is 138 Å². The molecular weight excluding hydrogens is 300 g/mol. The fourth-order valence-corrected chi connectivity index (χ4v) is 2.57. The van der Waals surface area contributed by atoms with Crippen molar-refractivity contribution >= 4 is 24.4 Å². The van der Waals surface area contributed by atoms with Gasteiger partial charge in [0.25, 0.3) is 0 Å². The molecule has 0 atom stereocenters. The van der Waals surface area contributed by atoms with Gasteiger partial charge in [-0.2, -0.15) is 10.2 Å². The van der Waals surface area contributed by atoms with Gasteiger partial charge < -0.3 is 10.6 Å². The quantitative estimate of drug-likeness (QED) is 0.596. The highest BCUT2D eigenvalue weighted by Gasteiger charge is 2.11. The van der Waals surface area contributed by atoms with Gasteiger partial charge in [-0.25, -0.2) is 0 Å². The number of unbranched alkanes of at least 4 members (excludes halogenated alkanes) is 1. The number of aromatic nitrogens is 2. The highest BCUT2D eigenvalue weighted by atomic mass is 35.5. The number of hydrogen-bond acceptors (Lipinski definition) is 4. The summed E-state index contributed by atoms with van der Waals surface area (Å²) in [5, 5.41) is 13.8. The molecule has 1 aliphatic rings. The lowest BCUT2D eigenvalue weighted by molar-refractivity contribution is -0.116. The molecule has 22 heavy (non-hydrogen) atoms. The van der Waals surface area contributed by atoms with Crippen molar-refractivity contribution in [1.82, 2.24) is 20.8 Å². The van der Waals surface area contributed by atoms with Gasteiger partial charge in [0, 0.05) is 12.6 Å². The summed E-state index contributed by atoms with van der Waals surface area (Å²) in [4.78, 5) is 11.6. The lowest BCUT2D eigenvalue weighted by Gasteiger charge is -2.22.